The third-order valence-electron chi connectivity index (χ3n) is 3.70. The quantitative estimate of drug-likeness (QED) is 0.876. The fourth-order valence-corrected chi connectivity index (χ4v) is 3.33. The van der Waals surface area contributed by atoms with Crippen LogP contribution in [0.2, 0.25) is 0 Å². The first-order valence-electron chi connectivity index (χ1n) is 6.48. The number of hydrogen-bond donors (Lipinski definition) is 1. The zero-order chi connectivity index (χ0) is 12.4. The van der Waals surface area contributed by atoms with Crippen LogP contribution in [0.1, 0.15) is 18.1 Å². The lowest BCUT2D eigenvalue weighted by molar-refractivity contribution is -0.142. The average Bonchev–Trinajstić information content (AvgIpc) is 3.11. The summed E-state index contributed by atoms with van der Waals surface area (Å²) < 4.78 is 5.76. The Balaban J connectivity index is 1.64. The number of carbonyl (C=O) groups excluding carboxylic acids is 1. The molecule has 0 spiro atoms. The Bertz CT molecular complexity index is 401. The summed E-state index contributed by atoms with van der Waals surface area (Å²) in [7, 11) is 0. The number of nitrogens with zero attached hydrogens (tertiary/aromatic N) is 1. The molecule has 4 nitrogen and oxygen atoms in total. The van der Waals surface area contributed by atoms with Crippen LogP contribution in [-0.2, 0) is 9.53 Å². The van der Waals surface area contributed by atoms with E-state index in [0.717, 1.165) is 26.1 Å². The van der Waals surface area contributed by atoms with Gasteiger partial charge in [0.15, 0.2) is 0 Å². The Morgan fingerprint density at radius 3 is 3.22 bits per heavy atom. The van der Waals surface area contributed by atoms with E-state index in [1.54, 1.807) is 11.3 Å². The first-order chi connectivity index (χ1) is 8.84. The average molecular weight is 266 g/mol. The third kappa shape index (κ3) is 2.43. The number of carbonyl (C=O) groups is 1. The van der Waals surface area contributed by atoms with Gasteiger partial charge in [-0.1, -0.05) is 0 Å². The molecule has 0 saturated carbocycles. The molecule has 2 saturated heterocycles. The van der Waals surface area contributed by atoms with Crippen molar-refractivity contribution < 1.29 is 9.53 Å². The van der Waals surface area contributed by atoms with Crippen molar-refractivity contribution in [2.45, 2.75) is 12.5 Å². The molecule has 3 rings (SSSR count). The number of ether oxygens (including phenoxy) is 1. The minimum atomic E-state index is 0.0586. The van der Waals surface area contributed by atoms with E-state index in [1.807, 2.05) is 4.90 Å². The largest absolute Gasteiger partial charge is 0.370 e. The van der Waals surface area contributed by atoms with Gasteiger partial charge in [0, 0.05) is 13.1 Å². The summed E-state index contributed by atoms with van der Waals surface area (Å²) >= 11 is 1.67. The minimum Gasteiger partial charge on any atom is -0.370 e. The lowest BCUT2D eigenvalue weighted by atomic mass is 10.1. The van der Waals surface area contributed by atoms with Gasteiger partial charge in [-0.2, -0.15) is 11.3 Å². The van der Waals surface area contributed by atoms with Gasteiger partial charge in [-0.15, -0.1) is 0 Å². The molecule has 1 aromatic heterocycles. The molecule has 1 amide bonds. The molecule has 0 bridgehead atoms. The molecule has 2 atom stereocenters. The van der Waals surface area contributed by atoms with Crippen LogP contribution in [0.4, 0.5) is 0 Å². The van der Waals surface area contributed by atoms with Gasteiger partial charge in [0.2, 0.25) is 5.91 Å². The van der Waals surface area contributed by atoms with Gasteiger partial charge in [-0.25, -0.2) is 0 Å². The van der Waals surface area contributed by atoms with E-state index in [9.17, 15) is 4.79 Å². The lowest BCUT2D eigenvalue weighted by Gasteiger charge is -2.34. The Morgan fingerprint density at radius 2 is 2.50 bits per heavy atom. The Labute approximate surface area is 111 Å². The molecule has 98 valence electrons. The highest BCUT2D eigenvalue weighted by Gasteiger charge is 2.31. The molecule has 1 N–H and O–H groups in total. The van der Waals surface area contributed by atoms with Crippen molar-refractivity contribution in [2.24, 2.45) is 5.92 Å². The van der Waals surface area contributed by atoms with Crippen LogP contribution in [0.25, 0.3) is 0 Å². The van der Waals surface area contributed by atoms with Crippen molar-refractivity contribution in [1.29, 1.82) is 0 Å². The molecule has 0 aliphatic carbocycles. The second-order valence-electron chi connectivity index (χ2n) is 4.89. The fourth-order valence-electron chi connectivity index (χ4n) is 2.63. The zero-order valence-corrected chi connectivity index (χ0v) is 11.1. The Hall–Kier alpha value is -0.910. The normalized spacial score (nSPS) is 28.6. The highest BCUT2D eigenvalue weighted by molar-refractivity contribution is 7.07. The SMILES string of the molecule is O=C(C1CCNC1)N1CCOC(c2ccsc2)C1. The summed E-state index contributed by atoms with van der Waals surface area (Å²) in [6.45, 7) is 3.88. The number of morpholine rings is 1. The van der Waals surface area contributed by atoms with Gasteiger partial charge in [-0.05, 0) is 35.4 Å². The summed E-state index contributed by atoms with van der Waals surface area (Å²) in [5.74, 6) is 0.467. The van der Waals surface area contributed by atoms with Gasteiger partial charge in [0.25, 0.3) is 0 Å². The molecule has 3 heterocycles. The topological polar surface area (TPSA) is 41.6 Å². The van der Waals surface area contributed by atoms with Crippen molar-refractivity contribution in [3.63, 3.8) is 0 Å². The second-order valence-corrected chi connectivity index (χ2v) is 5.67. The molecule has 0 radical (unpaired) electrons. The summed E-state index contributed by atoms with van der Waals surface area (Å²) in [4.78, 5) is 14.3. The number of nitrogens with one attached hydrogen (secondary N) is 1. The van der Waals surface area contributed by atoms with Gasteiger partial charge < -0.3 is 15.0 Å². The van der Waals surface area contributed by atoms with Crippen LogP contribution in [-0.4, -0.2) is 43.6 Å². The van der Waals surface area contributed by atoms with Gasteiger partial charge >= 0.3 is 0 Å². The van der Waals surface area contributed by atoms with E-state index in [-0.39, 0.29) is 12.0 Å². The van der Waals surface area contributed by atoms with Gasteiger partial charge in [-0.3, -0.25) is 4.79 Å². The van der Waals surface area contributed by atoms with Crippen LogP contribution in [0.5, 0.6) is 0 Å². The molecule has 2 unspecified atom stereocenters. The summed E-state index contributed by atoms with van der Waals surface area (Å²) in [6.07, 6.45) is 1.03. The van der Waals surface area contributed by atoms with Crippen LogP contribution in [0, 0.1) is 5.92 Å². The molecule has 2 fully saturated rings. The van der Waals surface area contributed by atoms with E-state index in [2.05, 4.69) is 22.1 Å². The van der Waals surface area contributed by atoms with Crippen LogP contribution < -0.4 is 5.32 Å². The molecule has 1 aromatic rings. The predicted molar refractivity (Wildman–Crippen MR) is 70.6 cm³/mol. The van der Waals surface area contributed by atoms with E-state index in [1.165, 1.54) is 5.56 Å². The van der Waals surface area contributed by atoms with E-state index in [4.69, 9.17) is 4.74 Å². The maximum atomic E-state index is 12.3. The smallest absolute Gasteiger partial charge is 0.227 e. The van der Waals surface area contributed by atoms with Crippen molar-refractivity contribution in [3.8, 4) is 0 Å². The van der Waals surface area contributed by atoms with Crippen LogP contribution >= 0.6 is 11.3 Å². The molecule has 18 heavy (non-hydrogen) atoms. The fraction of sp³-hybridized carbons (Fsp3) is 0.615. The maximum Gasteiger partial charge on any atom is 0.227 e. The zero-order valence-electron chi connectivity index (χ0n) is 10.3. The highest BCUT2D eigenvalue weighted by atomic mass is 32.1. The molecule has 2 aliphatic heterocycles. The minimum absolute atomic E-state index is 0.0586. The summed E-state index contributed by atoms with van der Waals surface area (Å²) in [5, 5.41) is 7.42. The number of hydrogen-bond acceptors (Lipinski definition) is 4. The lowest BCUT2D eigenvalue weighted by Crippen LogP contribution is -2.45. The first-order valence-corrected chi connectivity index (χ1v) is 7.42. The number of amides is 1. The van der Waals surface area contributed by atoms with Crippen molar-refractivity contribution in [1.82, 2.24) is 10.2 Å². The maximum absolute atomic E-state index is 12.3. The summed E-state index contributed by atoms with van der Waals surface area (Å²) in [5.41, 5.74) is 1.20. The van der Waals surface area contributed by atoms with Crippen LogP contribution in [0.3, 0.4) is 0 Å². The molecule has 5 heteroatoms. The second kappa shape index (κ2) is 5.38. The Kier molecular flexibility index (Phi) is 3.63. The van der Waals surface area contributed by atoms with E-state index >= 15 is 0 Å². The molecular formula is C13H18N2O2S. The molecule has 2 aliphatic rings. The standard InChI is InChI=1S/C13H18N2O2S/c16-13(10-1-3-14-7-10)15-4-5-17-12(8-15)11-2-6-18-9-11/h2,6,9-10,12,14H,1,3-5,7-8H2. The Morgan fingerprint density at radius 1 is 1.56 bits per heavy atom. The molecular weight excluding hydrogens is 248 g/mol. The van der Waals surface area contributed by atoms with Crippen molar-refractivity contribution >= 4 is 17.2 Å². The van der Waals surface area contributed by atoms with Crippen molar-refractivity contribution in [2.75, 3.05) is 32.8 Å². The van der Waals surface area contributed by atoms with Gasteiger partial charge in [0.1, 0.15) is 6.10 Å². The highest BCUT2D eigenvalue weighted by Crippen LogP contribution is 2.25. The summed E-state index contributed by atoms with van der Waals surface area (Å²) in [6, 6.07) is 2.08. The van der Waals surface area contributed by atoms with Crippen LogP contribution in [0.15, 0.2) is 16.8 Å². The number of thiophene rings is 1. The van der Waals surface area contributed by atoms with Crippen molar-refractivity contribution in [3.05, 3.63) is 22.4 Å². The third-order valence-corrected chi connectivity index (χ3v) is 4.40. The predicted octanol–water partition coefficient (Wildman–Crippen LogP) is 1.26. The first kappa shape index (κ1) is 12.1. The number of rotatable bonds is 2. The monoisotopic (exact) mass is 266 g/mol. The molecule has 0 aromatic carbocycles. The van der Waals surface area contributed by atoms with Gasteiger partial charge in [0.05, 0.1) is 19.1 Å². The van der Waals surface area contributed by atoms with E-state index < -0.39 is 0 Å². The van der Waals surface area contributed by atoms with E-state index in [0.29, 0.717) is 19.1 Å².